The summed E-state index contributed by atoms with van der Waals surface area (Å²) in [5.74, 6) is -3.02. The lowest BCUT2D eigenvalue weighted by atomic mass is 10.0. The lowest BCUT2D eigenvalue weighted by molar-refractivity contribution is -0.138. The van der Waals surface area contributed by atoms with Crippen LogP contribution < -0.4 is 5.32 Å². The van der Waals surface area contributed by atoms with Crippen molar-refractivity contribution in [3.8, 4) is 0 Å². The summed E-state index contributed by atoms with van der Waals surface area (Å²) in [6.07, 6.45) is 0.145. The molecule has 2 amide bonds. The van der Waals surface area contributed by atoms with Gasteiger partial charge in [-0.1, -0.05) is 42.5 Å². The van der Waals surface area contributed by atoms with E-state index in [4.69, 9.17) is 5.11 Å². The maximum atomic E-state index is 12.7. The zero-order chi connectivity index (χ0) is 18.7. The van der Waals surface area contributed by atoms with Gasteiger partial charge in [-0.15, -0.1) is 0 Å². The highest BCUT2D eigenvalue weighted by Gasteiger charge is 2.32. The number of carbonyl (C=O) groups is 3. The van der Waals surface area contributed by atoms with Gasteiger partial charge in [-0.25, -0.2) is 0 Å². The van der Waals surface area contributed by atoms with Crippen molar-refractivity contribution in [2.45, 2.75) is 13.0 Å². The van der Waals surface area contributed by atoms with E-state index in [1.165, 1.54) is 4.90 Å². The smallest absolute Gasteiger partial charge is 0.322 e. The van der Waals surface area contributed by atoms with Crippen molar-refractivity contribution in [3.05, 3.63) is 59.4 Å². The van der Waals surface area contributed by atoms with E-state index in [1.807, 2.05) is 42.5 Å². The van der Waals surface area contributed by atoms with Crippen LogP contribution in [-0.4, -0.2) is 46.0 Å². The van der Waals surface area contributed by atoms with Crippen molar-refractivity contribution in [2.24, 2.45) is 0 Å². The number of nitrogens with zero attached hydrogens (tertiary/aromatic N) is 1. The Labute approximate surface area is 149 Å². The van der Waals surface area contributed by atoms with Crippen molar-refractivity contribution in [2.75, 3.05) is 13.1 Å². The molecule has 1 heterocycles. The number of hydrogen-bond acceptors (Lipinski definition) is 4. The van der Waals surface area contributed by atoms with E-state index < -0.39 is 29.9 Å². The monoisotopic (exact) mass is 354 g/mol. The van der Waals surface area contributed by atoms with E-state index in [9.17, 15) is 19.5 Å². The van der Waals surface area contributed by atoms with Crippen LogP contribution >= 0.6 is 0 Å². The molecule has 2 aromatic rings. The van der Waals surface area contributed by atoms with Crippen molar-refractivity contribution in [3.63, 3.8) is 0 Å². The molecule has 1 aliphatic rings. The maximum absolute atomic E-state index is 12.7. The van der Waals surface area contributed by atoms with E-state index in [0.717, 1.165) is 16.3 Å². The Balaban J connectivity index is 1.83. The Morgan fingerprint density at radius 3 is 2.62 bits per heavy atom. The van der Waals surface area contributed by atoms with Crippen LogP contribution in [0.3, 0.4) is 0 Å². The largest absolute Gasteiger partial charge is 0.511 e. The summed E-state index contributed by atoms with van der Waals surface area (Å²) >= 11 is 0. The van der Waals surface area contributed by atoms with Gasteiger partial charge in [0, 0.05) is 19.5 Å². The van der Waals surface area contributed by atoms with E-state index >= 15 is 0 Å². The molecule has 3 N–H and O–H groups in total. The number of nitrogens with one attached hydrogen (secondary N) is 1. The molecule has 0 aliphatic carbocycles. The molecule has 0 saturated heterocycles. The van der Waals surface area contributed by atoms with Crippen molar-refractivity contribution < 1.29 is 24.6 Å². The van der Waals surface area contributed by atoms with Crippen molar-refractivity contribution >= 4 is 28.6 Å². The Hall–Kier alpha value is -3.35. The molecule has 0 spiro atoms. The third-order valence-corrected chi connectivity index (χ3v) is 4.28. The number of carboxylic acid groups (broad SMARTS) is 1. The Kier molecular flexibility index (Phi) is 4.88. The zero-order valence-electron chi connectivity index (χ0n) is 13.9. The predicted octanol–water partition coefficient (Wildman–Crippen LogP) is 1.58. The minimum atomic E-state index is -1.23. The van der Waals surface area contributed by atoms with Gasteiger partial charge in [0.25, 0.3) is 11.8 Å². The average Bonchev–Trinajstić information content (AvgIpc) is 2.62. The summed E-state index contributed by atoms with van der Waals surface area (Å²) in [7, 11) is 0. The lowest BCUT2D eigenvalue weighted by Gasteiger charge is -2.28. The highest BCUT2D eigenvalue weighted by Crippen LogP contribution is 2.24. The summed E-state index contributed by atoms with van der Waals surface area (Å²) in [5, 5.41) is 22.8. The van der Waals surface area contributed by atoms with Gasteiger partial charge in [0.1, 0.15) is 17.9 Å². The molecule has 7 nitrogen and oxygen atoms in total. The number of rotatable bonds is 5. The lowest BCUT2D eigenvalue weighted by Crippen LogP contribution is -2.43. The minimum absolute atomic E-state index is 0.145. The molecule has 3 rings (SSSR count). The predicted molar refractivity (Wildman–Crippen MR) is 94.3 cm³/mol. The molecule has 7 heteroatoms. The van der Waals surface area contributed by atoms with Crippen LogP contribution in [0.1, 0.15) is 12.0 Å². The van der Waals surface area contributed by atoms with Crippen molar-refractivity contribution in [1.82, 2.24) is 10.2 Å². The summed E-state index contributed by atoms with van der Waals surface area (Å²) in [4.78, 5) is 36.8. The number of aliphatic hydroxyl groups is 1. The van der Waals surface area contributed by atoms with Crippen LogP contribution in [0.2, 0.25) is 0 Å². The molecule has 1 aliphatic heterocycles. The van der Waals surface area contributed by atoms with Gasteiger partial charge >= 0.3 is 5.97 Å². The fourth-order valence-electron chi connectivity index (χ4n) is 3.01. The third-order valence-electron chi connectivity index (χ3n) is 4.28. The molecule has 134 valence electrons. The number of hydrogen-bond donors (Lipinski definition) is 3. The number of benzene rings is 2. The first kappa shape index (κ1) is 17.5. The van der Waals surface area contributed by atoms with Gasteiger partial charge in [0.2, 0.25) is 0 Å². The van der Waals surface area contributed by atoms with Gasteiger partial charge in [-0.2, -0.15) is 0 Å². The molecule has 0 saturated carbocycles. The topological polar surface area (TPSA) is 107 Å². The highest BCUT2D eigenvalue weighted by atomic mass is 16.4. The minimum Gasteiger partial charge on any atom is -0.511 e. The molecular formula is C19H18N2O5. The second kappa shape index (κ2) is 7.26. The normalized spacial score (nSPS) is 14.6. The van der Waals surface area contributed by atoms with E-state index in [1.54, 1.807) is 0 Å². The van der Waals surface area contributed by atoms with Crippen LogP contribution in [0.5, 0.6) is 0 Å². The Morgan fingerprint density at radius 1 is 1.12 bits per heavy atom. The fourth-order valence-corrected chi connectivity index (χ4v) is 3.01. The van der Waals surface area contributed by atoms with Crippen LogP contribution in [0.15, 0.2) is 53.8 Å². The summed E-state index contributed by atoms with van der Waals surface area (Å²) < 4.78 is 0. The molecular weight excluding hydrogens is 336 g/mol. The average molecular weight is 354 g/mol. The SMILES string of the molecule is O=C(O)CNC(=O)C1=C(O)CCN(Cc2cccc3ccccc23)C1=O. The fraction of sp³-hybridized carbons (Fsp3) is 0.211. The number of carbonyl (C=O) groups excluding carboxylic acids is 2. The second-order valence-electron chi connectivity index (χ2n) is 6.01. The number of amides is 2. The van der Waals surface area contributed by atoms with Gasteiger partial charge in [0.15, 0.2) is 0 Å². The summed E-state index contributed by atoms with van der Waals surface area (Å²) in [5.41, 5.74) is 0.542. The van der Waals surface area contributed by atoms with Gasteiger partial charge < -0.3 is 20.4 Å². The Bertz CT molecular complexity index is 914. The van der Waals surface area contributed by atoms with Gasteiger partial charge in [-0.05, 0) is 16.3 Å². The third kappa shape index (κ3) is 3.51. The molecule has 2 aromatic carbocycles. The second-order valence-corrected chi connectivity index (χ2v) is 6.01. The Morgan fingerprint density at radius 2 is 1.85 bits per heavy atom. The number of aliphatic hydroxyl groups excluding tert-OH is 1. The van der Waals surface area contributed by atoms with Crippen molar-refractivity contribution in [1.29, 1.82) is 0 Å². The van der Waals surface area contributed by atoms with E-state index in [-0.39, 0.29) is 18.7 Å². The van der Waals surface area contributed by atoms with Gasteiger partial charge in [-0.3, -0.25) is 14.4 Å². The number of fused-ring (bicyclic) bond motifs is 1. The van der Waals surface area contributed by atoms with Crippen LogP contribution in [-0.2, 0) is 20.9 Å². The van der Waals surface area contributed by atoms with Gasteiger partial charge in [0.05, 0.1) is 0 Å². The maximum Gasteiger partial charge on any atom is 0.322 e. The first-order chi connectivity index (χ1) is 12.5. The number of carboxylic acids is 1. The molecule has 0 radical (unpaired) electrons. The number of aliphatic carboxylic acids is 1. The molecule has 0 aromatic heterocycles. The molecule has 0 unspecified atom stereocenters. The standard InChI is InChI=1S/C19H18N2O5/c22-15-8-9-21(19(26)17(15)18(25)20-10-16(23)24)11-13-6-3-5-12-4-1-2-7-14(12)13/h1-7,22H,8-11H2,(H,20,25)(H,23,24). The molecule has 0 atom stereocenters. The van der Waals surface area contributed by atoms with E-state index in [0.29, 0.717) is 6.54 Å². The highest BCUT2D eigenvalue weighted by molar-refractivity contribution is 6.19. The molecule has 0 bridgehead atoms. The zero-order valence-corrected chi connectivity index (χ0v) is 13.9. The van der Waals surface area contributed by atoms with Crippen LogP contribution in [0.25, 0.3) is 10.8 Å². The molecule has 26 heavy (non-hydrogen) atoms. The van der Waals surface area contributed by atoms with Crippen LogP contribution in [0.4, 0.5) is 0 Å². The van der Waals surface area contributed by atoms with Crippen LogP contribution in [0, 0.1) is 0 Å². The summed E-state index contributed by atoms with van der Waals surface area (Å²) in [6, 6.07) is 13.6. The quantitative estimate of drug-likeness (QED) is 0.707. The first-order valence-electron chi connectivity index (χ1n) is 8.15. The molecule has 0 fully saturated rings. The first-order valence-corrected chi connectivity index (χ1v) is 8.15. The summed E-state index contributed by atoms with van der Waals surface area (Å²) in [6.45, 7) is -0.0427. The van der Waals surface area contributed by atoms with E-state index in [2.05, 4.69) is 5.32 Å².